The van der Waals surface area contributed by atoms with E-state index in [1.165, 1.54) is 14.2 Å². The first kappa shape index (κ1) is 12.4. The van der Waals surface area contributed by atoms with Crippen molar-refractivity contribution in [3.63, 3.8) is 0 Å². The van der Waals surface area contributed by atoms with E-state index in [2.05, 4.69) is 9.47 Å². The van der Waals surface area contributed by atoms with E-state index >= 15 is 0 Å². The first-order chi connectivity index (χ1) is 4.20. The van der Waals surface area contributed by atoms with Gasteiger partial charge in [0.05, 0.1) is 14.2 Å². The van der Waals surface area contributed by atoms with E-state index in [1.807, 2.05) is 0 Å². The SMILES string of the molecule is COC(=O)CC(=O)OC.[MgH2]. The number of methoxy groups -OCH3 is 2. The molecule has 56 valence electrons. The van der Waals surface area contributed by atoms with Crippen molar-refractivity contribution in [3.05, 3.63) is 0 Å². The minimum Gasteiger partial charge on any atom is -0.469 e. The molecule has 5 heteroatoms. The van der Waals surface area contributed by atoms with Gasteiger partial charge in [-0.1, -0.05) is 0 Å². The highest BCUT2D eigenvalue weighted by Crippen LogP contribution is 1.85. The van der Waals surface area contributed by atoms with E-state index in [9.17, 15) is 9.59 Å². The van der Waals surface area contributed by atoms with Crippen molar-refractivity contribution in [2.45, 2.75) is 6.42 Å². The highest BCUT2D eigenvalue weighted by atomic mass is 24.3. The van der Waals surface area contributed by atoms with Crippen molar-refractivity contribution in [2.24, 2.45) is 0 Å². The van der Waals surface area contributed by atoms with Gasteiger partial charge in [-0.15, -0.1) is 0 Å². The number of rotatable bonds is 2. The summed E-state index contributed by atoms with van der Waals surface area (Å²) in [6.07, 6.45) is -0.312. The molecule has 0 aliphatic rings. The molecule has 0 radical (unpaired) electrons. The van der Waals surface area contributed by atoms with Gasteiger partial charge in [-0.3, -0.25) is 9.59 Å². The Kier molecular flexibility index (Phi) is 8.45. The summed E-state index contributed by atoms with van der Waals surface area (Å²) < 4.78 is 8.37. The second kappa shape index (κ2) is 6.82. The topological polar surface area (TPSA) is 52.6 Å². The maximum Gasteiger partial charge on any atom is 0.316 e. The average molecular weight is 158 g/mol. The van der Waals surface area contributed by atoms with Gasteiger partial charge in [-0.2, -0.15) is 0 Å². The lowest BCUT2D eigenvalue weighted by Crippen LogP contribution is -2.09. The Hall–Kier alpha value is -0.294. The summed E-state index contributed by atoms with van der Waals surface area (Å²) in [6.45, 7) is 0. The van der Waals surface area contributed by atoms with Crippen molar-refractivity contribution >= 4 is 35.0 Å². The zero-order valence-corrected chi connectivity index (χ0v) is 5.34. The molecule has 0 bridgehead atoms. The third kappa shape index (κ3) is 5.84. The molecule has 0 aromatic carbocycles. The van der Waals surface area contributed by atoms with Gasteiger partial charge in [-0.05, 0) is 0 Å². The minimum absolute atomic E-state index is 0. The molecule has 10 heavy (non-hydrogen) atoms. The zero-order chi connectivity index (χ0) is 7.28. The van der Waals surface area contributed by atoms with Crippen LogP contribution < -0.4 is 0 Å². The van der Waals surface area contributed by atoms with E-state index in [1.54, 1.807) is 0 Å². The van der Waals surface area contributed by atoms with Gasteiger partial charge in [0, 0.05) is 0 Å². The molecule has 0 spiro atoms. The monoisotopic (exact) mass is 158 g/mol. The molecular formula is C5H10MgO4. The Balaban J connectivity index is 0. The van der Waals surface area contributed by atoms with Crippen LogP contribution in [0, 0.1) is 0 Å². The molecule has 0 aliphatic carbocycles. The third-order valence-electron chi connectivity index (χ3n) is 0.744. The van der Waals surface area contributed by atoms with E-state index in [4.69, 9.17) is 0 Å². The van der Waals surface area contributed by atoms with Gasteiger partial charge in [0.15, 0.2) is 0 Å². The lowest BCUT2D eigenvalue weighted by atomic mass is 10.4. The number of carbonyl (C=O) groups excluding carboxylic acids is 2. The minimum atomic E-state index is -0.582. The predicted molar refractivity (Wildman–Crippen MR) is 37.2 cm³/mol. The zero-order valence-electron chi connectivity index (χ0n) is 5.34. The van der Waals surface area contributed by atoms with Gasteiger partial charge >= 0.3 is 35.0 Å². The first-order valence-electron chi connectivity index (χ1n) is 2.34. The third-order valence-corrected chi connectivity index (χ3v) is 0.744. The lowest BCUT2D eigenvalue weighted by molar-refractivity contribution is -0.151. The largest absolute Gasteiger partial charge is 0.469 e. The molecule has 0 aliphatic heterocycles. The number of esters is 2. The van der Waals surface area contributed by atoms with Gasteiger partial charge in [0.2, 0.25) is 0 Å². The fourth-order valence-corrected chi connectivity index (χ4v) is 0.262. The number of hydrogen-bond donors (Lipinski definition) is 0. The van der Waals surface area contributed by atoms with Crippen molar-refractivity contribution < 1.29 is 19.1 Å². The summed E-state index contributed by atoms with van der Waals surface area (Å²) >= 11 is 0. The van der Waals surface area contributed by atoms with Crippen LogP contribution in [-0.4, -0.2) is 49.2 Å². The average Bonchev–Trinajstić information content (AvgIpc) is 1.87. The number of ether oxygens (including phenoxy) is 2. The van der Waals surface area contributed by atoms with Crippen LogP contribution in [0.25, 0.3) is 0 Å². The quantitative estimate of drug-likeness (QED) is 0.288. The molecule has 4 nitrogen and oxygen atoms in total. The summed E-state index contributed by atoms with van der Waals surface area (Å²) in [4.78, 5) is 20.5. The molecule has 0 heterocycles. The summed E-state index contributed by atoms with van der Waals surface area (Å²) in [5.74, 6) is -1.16. The molecule has 0 aromatic rings. The molecule has 0 amide bonds. The molecule has 0 N–H and O–H groups in total. The van der Waals surface area contributed by atoms with Crippen LogP contribution in [0.1, 0.15) is 6.42 Å². The molecule has 0 unspecified atom stereocenters. The molecule has 0 saturated heterocycles. The molecule has 0 atom stereocenters. The summed E-state index contributed by atoms with van der Waals surface area (Å²) in [6, 6.07) is 0. The van der Waals surface area contributed by atoms with Gasteiger partial charge in [0.25, 0.3) is 0 Å². The normalized spacial score (nSPS) is 7.40. The molecule has 0 fully saturated rings. The second-order valence-corrected chi connectivity index (χ2v) is 1.33. The Bertz CT molecular complexity index is 109. The van der Waals surface area contributed by atoms with Gasteiger partial charge in [-0.25, -0.2) is 0 Å². The Morgan fingerprint density at radius 3 is 1.60 bits per heavy atom. The maximum atomic E-state index is 10.3. The van der Waals surface area contributed by atoms with Crippen LogP contribution in [0.5, 0.6) is 0 Å². The van der Waals surface area contributed by atoms with E-state index < -0.39 is 11.9 Å². The van der Waals surface area contributed by atoms with Crippen LogP contribution in [0.2, 0.25) is 0 Å². The van der Waals surface area contributed by atoms with Crippen molar-refractivity contribution in [3.8, 4) is 0 Å². The fourth-order valence-electron chi connectivity index (χ4n) is 0.262. The smallest absolute Gasteiger partial charge is 0.316 e. The van der Waals surface area contributed by atoms with Crippen molar-refractivity contribution in [1.82, 2.24) is 0 Å². The van der Waals surface area contributed by atoms with Gasteiger partial charge < -0.3 is 9.47 Å². The highest BCUT2D eigenvalue weighted by molar-refractivity contribution is 5.90. The maximum absolute atomic E-state index is 10.3. The van der Waals surface area contributed by atoms with E-state index in [0.29, 0.717) is 0 Å². The van der Waals surface area contributed by atoms with Crippen LogP contribution in [0.15, 0.2) is 0 Å². The first-order valence-corrected chi connectivity index (χ1v) is 2.34. The Labute approximate surface area is 75.0 Å². The van der Waals surface area contributed by atoms with Crippen LogP contribution in [0.4, 0.5) is 0 Å². The van der Waals surface area contributed by atoms with Crippen LogP contribution in [0.3, 0.4) is 0 Å². The standard InChI is InChI=1S/C5H8O4.Mg.2H/c1-8-4(6)3-5(7)9-2;;;/h3H2,1-2H3;;;. The lowest BCUT2D eigenvalue weighted by Gasteiger charge is -1.95. The van der Waals surface area contributed by atoms with Crippen molar-refractivity contribution in [1.29, 1.82) is 0 Å². The number of carbonyl (C=O) groups is 2. The summed E-state index contributed by atoms with van der Waals surface area (Å²) in [7, 11) is 2.43. The Morgan fingerprint density at radius 1 is 1.10 bits per heavy atom. The van der Waals surface area contributed by atoms with E-state index in [0.717, 1.165) is 0 Å². The fraction of sp³-hybridized carbons (Fsp3) is 0.600. The summed E-state index contributed by atoms with van der Waals surface area (Å²) in [5.41, 5.74) is 0. The molecular weight excluding hydrogens is 148 g/mol. The van der Waals surface area contributed by atoms with Crippen LogP contribution in [-0.2, 0) is 19.1 Å². The highest BCUT2D eigenvalue weighted by Gasteiger charge is 2.07. The van der Waals surface area contributed by atoms with Crippen LogP contribution >= 0.6 is 0 Å². The molecule has 0 saturated carbocycles. The van der Waals surface area contributed by atoms with E-state index in [-0.39, 0.29) is 29.5 Å². The van der Waals surface area contributed by atoms with Gasteiger partial charge in [0.1, 0.15) is 6.42 Å². The number of hydrogen-bond acceptors (Lipinski definition) is 4. The van der Waals surface area contributed by atoms with Crippen molar-refractivity contribution in [2.75, 3.05) is 14.2 Å². The second-order valence-electron chi connectivity index (χ2n) is 1.33. The molecule has 0 rings (SSSR count). The Morgan fingerprint density at radius 2 is 1.40 bits per heavy atom. The summed E-state index contributed by atoms with van der Waals surface area (Å²) in [5, 5.41) is 0. The molecule has 0 aromatic heterocycles. The predicted octanol–water partition coefficient (Wildman–Crippen LogP) is -1.19.